The summed E-state index contributed by atoms with van der Waals surface area (Å²) in [4.78, 5) is 3.09. The Morgan fingerprint density at radius 3 is 2.57 bits per heavy atom. The Bertz CT molecular complexity index is 540. The molecular formula is C15H25N3O2S. The second-order valence-corrected chi connectivity index (χ2v) is 7.06. The highest BCUT2D eigenvalue weighted by molar-refractivity contribution is 7.89. The fourth-order valence-corrected chi connectivity index (χ4v) is 3.88. The van der Waals surface area contributed by atoms with Crippen molar-refractivity contribution in [3.63, 3.8) is 0 Å². The average molecular weight is 311 g/mol. The molecule has 0 spiro atoms. The van der Waals surface area contributed by atoms with E-state index in [1.807, 2.05) is 17.1 Å². The lowest BCUT2D eigenvalue weighted by atomic mass is 10.2. The Labute approximate surface area is 127 Å². The number of nitrogens with one attached hydrogen (secondary N) is 2. The molecule has 1 aliphatic heterocycles. The molecule has 5 nitrogen and oxygen atoms in total. The molecule has 0 saturated carbocycles. The van der Waals surface area contributed by atoms with Crippen molar-refractivity contribution in [1.82, 2.24) is 15.2 Å². The van der Waals surface area contributed by atoms with E-state index >= 15 is 0 Å². The van der Waals surface area contributed by atoms with Gasteiger partial charge in [-0.25, -0.2) is 13.4 Å². The van der Waals surface area contributed by atoms with Crippen LogP contribution in [-0.4, -0.2) is 33.1 Å². The third-order valence-corrected chi connectivity index (χ3v) is 5.09. The van der Waals surface area contributed by atoms with E-state index in [0.717, 1.165) is 44.5 Å². The summed E-state index contributed by atoms with van der Waals surface area (Å²) in [5.41, 5.74) is 0.815. The van der Waals surface area contributed by atoms with E-state index in [4.69, 9.17) is 0 Å². The molecule has 0 aromatic heterocycles. The Kier molecular flexibility index (Phi) is 6.17. The lowest BCUT2D eigenvalue weighted by molar-refractivity contribution is 0.200. The highest BCUT2D eigenvalue weighted by Gasteiger charge is 2.22. The van der Waals surface area contributed by atoms with Crippen molar-refractivity contribution in [2.75, 3.05) is 19.6 Å². The van der Waals surface area contributed by atoms with E-state index in [1.54, 1.807) is 12.1 Å². The fraction of sp³-hybridized carbons (Fsp3) is 0.600. The number of nitrogens with zero attached hydrogens (tertiary/aromatic N) is 1. The van der Waals surface area contributed by atoms with E-state index in [0.29, 0.717) is 11.4 Å². The zero-order valence-corrected chi connectivity index (χ0v) is 13.5. The molecule has 0 bridgehead atoms. The maximum absolute atomic E-state index is 12.6. The molecule has 0 amide bonds. The highest BCUT2D eigenvalue weighted by atomic mass is 32.2. The zero-order valence-electron chi connectivity index (χ0n) is 12.6. The highest BCUT2D eigenvalue weighted by Crippen LogP contribution is 2.16. The molecule has 0 aliphatic carbocycles. The van der Waals surface area contributed by atoms with Crippen molar-refractivity contribution in [2.45, 2.75) is 44.0 Å². The summed E-state index contributed by atoms with van der Waals surface area (Å²) in [6, 6.07) is 7.19. The summed E-state index contributed by atoms with van der Waals surface area (Å²) < 4.78 is 25.1. The first-order chi connectivity index (χ1) is 10.1. The predicted molar refractivity (Wildman–Crippen MR) is 84.2 cm³/mol. The summed E-state index contributed by atoms with van der Waals surface area (Å²) >= 11 is 0. The van der Waals surface area contributed by atoms with Gasteiger partial charge in [-0.2, -0.15) is 0 Å². The van der Waals surface area contributed by atoms with Crippen LogP contribution in [0.25, 0.3) is 0 Å². The number of benzene rings is 1. The summed E-state index contributed by atoms with van der Waals surface area (Å²) in [7, 11) is -3.49. The molecule has 21 heavy (non-hydrogen) atoms. The van der Waals surface area contributed by atoms with Gasteiger partial charge in [0.15, 0.2) is 0 Å². The van der Waals surface area contributed by atoms with Crippen LogP contribution in [0.3, 0.4) is 0 Å². The minimum Gasteiger partial charge on any atom is -0.313 e. The van der Waals surface area contributed by atoms with Crippen LogP contribution >= 0.6 is 0 Å². The van der Waals surface area contributed by atoms with Crippen molar-refractivity contribution >= 4 is 10.0 Å². The SMILES string of the molecule is CCCNCc1ccccc1S(=O)(=O)NN1CCCCC1. The van der Waals surface area contributed by atoms with Gasteiger partial charge in [-0.05, 0) is 37.4 Å². The third kappa shape index (κ3) is 4.78. The van der Waals surface area contributed by atoms with E-state index in [1.165, 1.54) is 6.42 Å². The molecule has 1 aliphatic rings. The largest absolute Gasteiger partial charge is 0.313 e. The Morgan fingerprint density at radius 1 is 1.14 bits per heavy atom. The summed E-state index contributed by atoms with van der Waals surface area (Å²) in [5, 5.41) is 5.08. The van der Waals surface area contributed by atoms with Crippen LogP contribution in [-0.2, 0) is 16.6 Å². The first-order valence-corrected chi connectivity index (χ1v) is 9.18. The summed E-state index contributed by atoms with van der Waals surface area (Å²) in [5.74, 6) is 0. The van der Waals surface area contributed by atoms with Crippen LogP contribution in [0.5, 0.6) is 0 Å². The molecule has 2 rings (SSSR count). The van der Waals surface area contributed by atoms with Crippen LogP contribution in [0.1, 0.15) is 38.2 Å². The van der Waals surface area contributed by atoms with Gasteiger partial charge in [0.05, 0.1) is 4.90 Å². The zero-order chi connectivity index (χ0) is 15.1. The Morgan fingerprint density at radius 2 is 1.86 bits per heavy atom. The molecule has 0 radical (unpaired) electrons. The van der Waals surface area contributed by atoms with Gasteiger partial charge in [-0.1, -0.05) is 31.5 Å². The van der Waals surface area contributed by atoms with Crippen molar-refractivity contribution in [3.05, 3.63) is 29.8 Å². The van der Waals surface area contributed by atoms with Crippen molar-refractivity contribution in [2.24, 2.45) is 0 Å². The normalized spacial score (nSPS) is 17.0. The quantitative estimate of drug-likeness (QED) is 0.755. The molecule has 0 unspecified atom stereocenters. The van der Waals surface area contributed by atoms with Gasteiger partial charge < -0.3 is 5.32 Å². The van der Waals surface area contributed by atoms with Gasteiger partial charge in [-0.15, -0.1) is 4.83 Å². The van der Waals surface area contributed by atoms with E-state index < -0.39 is 10.0 Å². The van der Waals surface area contributed by atoms with E-state index in [2.05, 4.69) is 17.1 Å². The lowest BCUT2D eigenvalue weighted by Gasteiger charge is -2.27. The molecule has 118 valence electrons. The van der Waals surface area contributed by atoms with Crippen LogP contribution < -0.4 is 10.1 Å². The summed E-state index contributed by atoms with van der Waals surface area (Å²) in [6.07, 6.45) is 4.29. The topological polar surface area (TPSA) is 61.4 Å². The van der Waals surface area contributed by atoms with Gasteiger partial charge in [-0.3, -0.25) is 0 Å². The maximum Gasteiger partial charge on any atom is 0.253 e. The predicted octanol–water partition coefficient (Wildman–Crippen LogP) is 1.87. The molecule has 1 aromatic carbocycles. The molecule has 1 heterocycles. The first-order valence-electron chi connectivity index (χ1n) is 7.69. The van der Waals surface area contributed by atoms with Crippen molar-refractivity contribution < 1.29 is 8.42 Å². The summed E-state index contributed by atoms with van der Waals surface area (Å²) in [6.45, 7) is 5.12. The number of hydrazine groups is 1. The van der Waals surface area contributed by atoms with Crippen LogP contribution in [0, 0.1) is 0 Å². The maximum atomic E-state index is 12.6. The minimum absolute atomic E-state index is 0.374. The van der Waals surface area contributed by atoms with Gasteiger partial charge in [0.1, 0.15) is 0 Å². The molecule has 6 heteroatoms. The van der Waals surface area contributed by atoms with E-state index in [9.17, 15) is 8.42 Å². The minimum atomic E-state index is -3.49. The Hall–Kier alpha value is -0.950. The van der Waals surface area contributed by atoms with Crippen molar-refractivity contribution in [1.29, 1.82) is 0 Å². The number of sulfonamides is 1. The molecular weight excluding hydrogens is 286 g/mol. The van der Waals surface area contributed by atoms with E-state index in [-0.39, 0.29) is 0 Å². The second-order valence-electron chi connectivity index (χ2n) is 5.43. The molecule has 1 fully saturated rings. The standard InChI is InChI=1S/C15H25N3O2S/c1-2-10-16-13-14-8-4-5-9-15(14)21(19,20)17-18-11-6-3-7-12-18/h4-5,8-9,16-17H,2-3,6-7,10-13H2,1H3. The number of hydrogen-bond acceptors (Lipinski definition) is 4. The van der Waals surface area contributed by atoms with Crippen LogP contribution in [0.4, 0.5) is 0 Å². The van der Waals surface area contributed by atoms with Gasteiger partial charge >= 0.3 is 0 Å². The second kappa shape index (κ2) is 7.89. The fourth-order valence-electron chi connectivity index (χ4n) is 2.52. The monoisotopic (exact) mass is 311 g/mol. The van der Waals surface area contributed by atoms with Gasteiger partial charge in [0.2, 0.25) is 0 Å². The smallest absolute Gasteiger partial charge is 0.253 e. The van der Waals surface area contributed by atoms with Gasteiger partial charge in [0, 0.05) is 19.6 Å². The van der Waals surface area contributed by atoms with Crippen LogP contribution in [0.15, 0.2) is 29.2 Å². The number of rotatable bonds is 7. The first kappa shape index (κ1) is 16.4. The van der Waals surface area contributed by atoms with Crippen molar-refractivity contribution in [3.8, 4) is 0 Å². The Balaban J connectivity index is 2.10. The molecule has 0 atom stereocenters. The third-order valence-electron chi connectivity index (χ3n) is 3.61. The van der Waals surface area contributed by atoms with Crippen LogP contribution in [0.2, 0.25) is 0 Å². The molecule has 1 aromatic rings. The molecule has 2 N–H and O–H groups in total. The number of piperidine rings is 1. The number of hydrogen-bond donors (Lipinski definition) is 2. The average Bonchev–Trinajstić information content (AvgIpc) is 2.48. The molecule has 1 saturated heterocycles. The lowest BCUT2D eigenvalue weighted by Crippen LogP contribution is -2.45. The van der Waals surface area contributed by atoms with Gasteiger partial charge in [0.25, 0.3) is 10.0 Å².